The van der Waals surface area contributed by atoms with Crippen molar-refractivity contribution in [2.24, 2.45) is 0 Å². The number of hydrogen-bond acceptors (Lipinski definition) is 2. The van der Waals surface area contributed by atoms with Crippen molar-refractivity contribution in [3.63, 3.8) is 0 Å². The molecule has 0 unspecified atom stereocenters. The van der Waals surface area contributed by atoms with Gasteiger partial charge in [0, 0.05) is 31.4 Å². The first kappa shape index (κ1) is 23.0. The van der Waals surface area contributed by atoms with Gasteiger partial charge in [-0.3, -0.25) is 0 Å². The third-order valence-electron chi connectivity index (χ3n) is 4.49. The van der Waals surface area contributed by atoms with Crippen LogP contribution in [-0.4, -0.2) is 19.3 Å². The molecule has 1 aromatic heterocycles. The molecular weight excluding hydrogens is 451 g/mol. The fourth-order valence-corrected chi connectivity index (χ4v) is 2.99. The second kappa shape index (κ2) is 13.2. The van der Waals surface area contributed by atoms with Crippen LogP contribution in [0.4, 0.5) is 5.69 Å². The molecule has 0 saturated heterocycles. The van der Waals surface area contributed by atoms with E-state index in [0.717, 1.165) is 18.8 Å². The summed E-state index contributed by atoms with van der Waals surface area (Å²) >= 11 is 4.26. The van der Waals surface area contributed by atoms with E-state index in [1.807, 2.05) is 0 Å². The van der Waals surface area contributed by atoms with Crippen molar-refractivity contribution in [3.8, 4) is 0 Å². The maximum absolute atomic E-state index is 4.26. The smallest absolute Gasteiger partial charge is 0.169 e. The molecule has 0 atom stereocenters. The lowest BCUT2D eigenvalue weighted by Crippen LogP contribution is -3.00. The van der Waals surface area contributed by atoms with E-state index >= 15 is 0 Å². The number of aromatic nitrogens is 1. The molecule has 1 aromatic carbocycles. The van der Waals surface area contributed by atoms with Gasteiger partial charge in [-0.15, -0.1) is 0 Å². The van der Waals surface area contributed by atoms with Gasteiger partial charge in [0.15, 0.2) is 12.4 Å². The summed E-state index contributed by atoms with van der Waals surface area (Å²) in [6.07, 6.45) is 13.6. The van der Waals surface area contributed by atoms with E-state index in [2.05, 4.69) is 97.0 Å². The summed E-state index contributed by atoms with van der Waals surface area (Å²) < 4.78 is 2.17. The van der Waals surface area contributed by atoms with E-state index in [-0.39, 0.29) is 24.0 Å². The zero-order valence-electron chi connectivity index (χ0n) is 15.9. The van der Waals surface area contributed by atoms with Crippen molar-refractivity contribution < 1.29 is 28.5 Å². The minimum absolute atomic E-state index is 0. The van der Waals surface area contributed by atoms with E-state index < -0.39 is 0 Å². The van der Waals surface area contributed by atoms with Crippen molar-refractivity contribution >= 4 is 30.5 Å². The van der Waals surface area contributed by atoms with Gasteiger partial charge in [0.25, 0.3) is 0 Å². The number of nitrogens with zero attached hydrogens (tertiary/aromatic N) is 2. The summed E-state index contributed by atoms with van der Waals surface area (Å²) in [5, 5.41) is 0. The first-order valence-corrected chi connectivity index (χ1v) is 9.95. The van der Waals surface area contributed by atoms with Gasteiger partial charge in [0.2, 0.25) is 0 Å². The molecule has 2 aromatic rings. The number of hydrogen-bond donors (Lipinski definition) is 1. The van der Waals surface area contributed by atoms with Crippen LogP contribution in [0.2, 0.25) is 0 Å². The highest BCUT2D eigenvalue weighted by Crippen LogP contribution is 2.16. The Morgan fingerprint density at radius 1 is 0.885 bits per heavy atom. The average molecular weight is 482 g/mol. The van der Waals surface area contributed by atoms with Gasteiger partial charge in [-0.1, -0.05) is 37.1 Å². The number of rotatable bonds is 10. The Kier molecular flexibility index (Phi) is 11.7. The number of unbranched alkanes of at least 4 members (excludes halogenated alkanes) is 3. The Bertz CT molecular complexity index is 638. The minimum Gasteiger partial charge on any atom is -1.00 e. The maximum Gasteiger partial charge on any atom is 0.169 e. The molecule has 0 bridgehead atoms. The Balaban J connectivity index is 0.00000338. The monoisotopic (exact) mass is 482 g/mol. The summed E-state index contributed by atoms with van der Waals surface area (Å²) in [6, 6.07) is 13.1. The van der Waals surface area contributed by atoms with Crippen LogP contribution in [0.25, 0.3) is 12.2 Å². The van der Waals surface area contributed by atoms with Crippen LogP contribution in [0.5, 0.6) is 0 Å². The fourth-order valence-electron chi connectivity index (χ4n) is 2.77. The predicted octanol–water partition coefficient (Wildman–Crippen LogP) is 2.09. The molecule has 0 radical (unpaired) electrons. The lowest BCUT2D eigenvalue weighted by molar-refractivity contribution is -0.693. The van der Waals surface area contributed by atoms with Crippen LogP contribution < -0.4 is 33.4 Å². The Labute approximate surface area is 181 Å². The standard InChI is InChI=1S/C22H30N2S.HI/c1-3-24-17-14-21(15-18-24)9-8-20-10-12-22(13-11-20)23(2)16-6-4-5-7-19-25;/h8-15,17-18H,3-7,16,19H2,1-2H3;1H. The topological polar surface area (TPSA) is 7.12 Å². The largest absolute Gasteiger partial charge is 1.00 e. The molecular formula is C22H31IN2S. The number of halogens is 1. The third-order valence-corrected chi connectivity index (χ3v) is 4.80. The fraction of sp³-hybridized carbons (Fsp3) is 0.409. The Morgan fingerprint density at radius 3 is 2.04 bits per heavy atom. The number of aryl methyl sites for hydroxylation is 1. The maximum atomic E-state index is 4.26. The second-order valence-electron chi connectivity index (χ2n) is 6.45. The van der Waals surface area contributed by atoms with Crippen molar-refractivity contribution in [3.05, 3.63) is 59.9 Å². The molecule has 1 heterocycles. The van der Waals surface area contributed by atoms with Crippen molar-refractivity contribution in [1.82, 2.24) is 0 Å². The summed E-state index contributed by atoms with van der Waals surface area (Å²) in [7, 11) is 2.18. The van der Waals surface area contributed by atoms with Gasteiger partial charge in [-0.05, 0) is 48.8 Å². The van der Waals surface area contributed by atoms with Gasteiger partial charge in [-0.25, -0.2) is 4.57 Å². The summed E-state index contributed by atoms with van der Waals surface area (Å²) in [4.78, 5) is 2.34. The van der Waals surface area contributed by atoms with Crippen LogP contribution in [0.3, 0.4) is 0 Å². The molecule has 2 rings (SSSR count). The molecule has 142 valence electrons. The highest BCUT2D eigenvalue weighted by molar-refractivity contribution is 7.80. The van der Waals surface area contributed by atoms with Gasteiger partial charge < -0.3 is 28.9 Å². The molecule has 2 nitrogen and oxygen atoms in total. The zero-order chi connectivity index (χ0) is 17.9. The zero-order valence-corrected chi connectivity index (χ0v) is 19.0. The average Bonchev–Trinajstić information content (AvgIpc) is 2.67. The van der Waals surface area contributed by atoms with E-state index in [0.29, 0.717) is 0 Å². The minimum atomic E-state index is 0. The van der Waals surface area contributed by atoms with E-state index in [4.69, 9.17) is 0 Å². The van der Waals surface area contributed by atoms with Crippen LogP contribution in [0.15, 0.2) is 48.8 Å². The summed E-state index contributed by atoms with van der Waals surface area (Å²) in [5.74, 6) is 1.01. The van der Waals surface area contributed by atoms with E-state index in [1.165, 1.54) is 42.5 Å². The van der Waals surface area contributed by atoms with Crippen LogP contribution in [0.1, 0.15) is 43.7 Å². The van der Waals surface area contributed by atoms with E-state index in [1.54, 1.807) is 0 Å². The lowest BCUT2D eigenvalue weighted by atomic mass is 10.1. The Hall–Kier alpha value is -1.01. The molecule has 0 fully saturated rings. The van der Waals surface area contributed by atoms with Crippen molar-refractivity contribution in [2.45, 2.75) is 39.2 Å². The molecule has 26 heavy (non-hydrogen) atoms. The lowest BCUT2D eigenvalue weighted by Gasteiger charge is -2.19. The number of benzene rings is 1. The molecule has 0 saturated carbocycles. The SMILES string of the molecule is CC[n+]1ccc(/C=C/c2ccc(N(C)CCCCCCS)cc2)cc1.[I-]. The summed E-state index contributed by atoms with van der Waals surface area (Å²) in [6.45, 7) is 4.27. The predicted molar refractivity (Wildman–Crippen MR) is 113 cm³/mol. The molecule has 0 amide bonds. The number of anilines is 1. The molecule has 0 N–H and O–H groups in total. The van der Waals surface area contributed by atoms with Crippen LogP contribution >= 0.6 is 12.6 Å². The molecule has 4 heteroatoms. The van der Waals surface area contributed by atoms with Crippen LogP contribution in [0, 0.1) is 0 Å². The number of thiol groups is 1. The van der Waals surface area contributed by atoms with Crippen LogP contribution in [-0.2, 0) is 6.54 Å². The summed E-state index contributed by atoms with van der Waals surface area (Å²) in [5.41, 5.74) is 3.75. The van der Waals surface area contributed by atoms with E-state index in [9.17, 15) is 0 Å². The van der Waals surface area contributed by atoms with Crippen molar-refractivity contribution in [2.75, 3.05) is 24.2 Å². The normalized spacial score (nSPS) is 10.7. The first-order valence-electron chi connectivity index (χ1n) is 9.32. The second-order valence-corrected chi connectivity index (χ2v) is 6.89. The van der Waals surface area contributed by atoms with Gasteiger partial charge in [0.1, 0.15) is 6.54 Å². The Morgan fingerprint density at radius 2 is 1.46 bits per heavy atom. The highest BCUT2D eigenvalue weighted by Gasteiger charge is 2.00. The molecule has 0 aliphatic rings. The van der Waals surface area contributed by atoms with Gasteiger partial charge in [-0.2, -0.15) is 12.6 Å². The third kappa shape index (κ3) is 8.12. The van der Waals surface area contributed by atoms with Gasteiger partial charge >= 0.3 is 0 Å². The molecule has 0 aliphatic heterocycles. The van der Waals surface area contributed by atoms with Crippen molar-refractivity contribution in [1.29, 1.82) is 0 Å². The molecule has 0 spiro atoms. The number of pyridine rings is 1. The molecule has 0 aliphatic carbocycles. The van der Waals surface area contributed by atoms with Gasteiger partial charge in [0.05, 0.1) is 0 Å². The quantitative estimate of drug-likeness (QED) is 0.236. The first-order chi connectivity index (χ1) is 12.2. The highest BCUT2D eigenvalue weighted by atomic mass is 127.